The van der Waals surface area contributed by atoms with Gasteiger partial charge in [-0.25, -0.2) is 13.2 Å². The van der Waals surface area contributed by atoms with E-state index in [9.17, 15) is 23.1 Å². The molecule has 0 spiro atoms. The van der Waals surface area contributed by atoms with Gasteiger partial charge in [-0.2, -0.15) is 4.31 Å². The normalized spacial score (nSPS) is 15.4. The lowest BCUT2D eigenvalue weighted by atomic mass is 10.2. The number of phenolic OH excluding ortho intramolecular Hbond substituents is 1. The van der Waals surface area contributed by atoms with Gasteiger partial charge < -0.3 is 14.7 Å². The average molecular weight is 425 g/mol. The third-order valence-corrected chi connectivity index (χ3v) is 7.44. The van der Waals surface area contributed by atoms with Gasteiger partial charge in [-0.1, -0.05) is 6.07 Å². The van der Waals surface area contributed by atoms with Crippen molar-refractivity contribution in [3.05, 3.63) is 45.6 Å². The van der Waals surface area contributed by atoms with Crippen molar-refractivity contribution >= 4 is 33.2 Å². The lowest BCUT2D eigenvalue weighted by Crippen LogP contribution is -2.50. The molecule has 1 amide bonds. The summed E-state index contributed by atoms with van der Waals surface area (Å²) in [5, 5.41) is 9.95. The van der Waals surface area contributed by atoms with Gasteiger partial charge in [0.25, 0.3) is 5.91 Å². The van der Waals surface area contributed by atoms with Crippen LogP contribution in [0.5, 0.6) is 5.75 Å². The minimum Gasteiger partial charge on any atom is -0.507 e. The molecular weight excluding hydrogens is 404 g/mol. The predicted molar refractivity (Wildman–Crippen MR) is 103 cm³/mol. The summed E-state index contributed by atoms with van der Waals surface area (Å²) < 4.78 is 31.6. The lowest BCUT2D eigenvalue weighted by Gasteiger charge is -2.33. The summed E-state index contributed by atoms with van der Waals surface area (Å²) in [7, 11) is -2.58. The van der Waals surface area contributed by atoms with Crippen molar-refractivity contribution in [3.8, 4) is 5.75 Å². The fourth-order valence-corrected chi connectivity index (χ4v) is 5.40. The van der Waals surface area contributed by atoms with Crippen molar-refractivity contribution in [1.29, 1.82) is 0 Å². The number of methoxy groups -OCH3 is 1. The van der Waals surface area contributed by atoms with Gasteiger partial charge in [0.1, 0.15) is 15.5 Å². The van der Waals surface area contributed by atoms with E-state index in [1.54, 1.807) is 24.0 Å². The third-order valence-electron chi connectivity index (χ3n) is 4.46. The molecule has 3 rings (SSSR count). The maximum absolute atomic E-state index is 12.8. The fourth-order valence-electron chi connectivity index (χ4n) is 2.92. The Bertz CT molecular complexity index is 1010. The van der Waals surface area contributed by atoms with Crippen LogP contribution in [0, 0.1) is 6.92 Å². The van der Waals surface area contributed by atoms with Gasteiger partial charge in [0, 0.05) is 26.2 Å². The number of carbonyl (C=O) groups excluding carboxylic acids is 2. The van der Waals surface area contributed by atoms with Crippen LogP contribution in [0.15, 0.2) is 35.2 Å². The van der Waals surface area contributed by atoms with E-state index in [2.05, 4.69) is 4.74 Å². The minimum absolute atomic E-state index is 0.122. The summed E-state index contributed by atoms with van der Waals surface area (Å²) in [5.74, 6) is -1.05. The van der Waals surface area contributed by atoms with Gasteiger partial charge in [0.2, 0.25) is 10.0 Å². The number of nitrogens with zero attached hydrogens (tertiary/aromatic N) is 2. The number of piperazine rings is 1. The van der Waals surface area contributed by atoms with E-state index in [0.717, 1.165) is 16.9 Å². The molecule has 1 aromatic carbocycles. The standard InChI is InChI=1S/C18H20N2O6S2/c1-12-3-4-13(21)16(11-12)28(24,25)20-9-7-19(8-10-20)17(22)14-5-6-15(27-14)18(23)26-2/h3-6,11,21H,7-10H2,1-2H3. The van der Waals surface area contributed by atoms with Crippen LogP contribution in [0.25, 0.3) is 0 Å². The first kappa shape index (κ1) is 20.3. The van der Waals surface area contributed by atoms with E-state index < -0.39 is 16.0 Å². The van der Waals surface area contributed by atoms with Gasteiger partial charge in [0.15, 0.2) is 0 Å². The van der Waals surface area contributed by atoms with E-state index in [1.807, 2.05) is 0 Å². The molecular formula is C18H20N2O6S2. The Kier molecular flexibility index (Phi) is 5.73. The SMILES string of the molecule is COC(=O)c1ccc(C(=O)N2CCN(S(=O)(=O)c3cc(C)ccc3O)CC2)s1. The van der Waals surface area contributed by atoms with Crippen molar-refractivity contribution in [2.24, 2.45) is 0 Å². The molecule has 0 unspecified atom stereocenters. The molecule has 2 aromatic rings. The molecule has 0 bridgehead atoms. The molecule has 28 heavy (non-hydrogen) atoms. The van der Waals surface area contributed by atoms with Crippen LogP contribution in [-0.2, 0) is 14.8 Å². The topological polar surface area (TPSA) is 104 Å². The number of ether oxygens (including phenoxy) is 1. The summed E-state index contributed by atoms with van der Waals surface area (Å²) in [6.45, 7) is 2.43. The summed E-state index contributed by atoms with van der Waals surface area (Å²) in [6.07, 6.45) is 0. The van der Waals surface area contributed by atoms with Crippen LogP contribution in [-0.4, -0.2) is 67.9 Å². The van der Waals surface area contributed by atoms with E-state index in [1.165, 1.54) is 29.6 Å². The van der Waals surface area contributed by atoms with E-state index >= 15 is 0 Å². The molecule has 0 saturated carbocycles. The highest BCUT2D eigenvalue weighted by molar-refractivity contribution is 7.89. The summed E-state index contributed by atoms with van der Waals surface area (Å²) in [6, 6.07) is 7.52. The fraction of sp³-hybridized carbons (Fsp3) is 0.333. The Morgan fingerprint density at radius 3 is 2.36 bits per heavy atom. The van der Waals surface area contributed by atoms with Gasteiger partial charge in [-0.3, -0.25) is 4.79 Å². The van der Waals surface area contributed by atoms with Crippen LogP contribution in [0.4, 0.5) is 0 Å². The predicted octanol–water partition coefficient (Wildman–Crippen LogP) is 1.70. The van der Waals surface area contributed by atoms with Crippen molar-refractivity contribution in [1.82, 2.24) is 9.21 Å². The Morgan fingerprint density at radius 1 is 1.07 bits per heavy atom. The summed E-state index contributed by atoms with van der Waals surface area (Å²) in [5.41, 5.74) is 0.726. The smallest absolute Gasteiger partial charge is 0.348 e. The zero-order valence-electron chi connectivity index (χ0n) is 15.4. The maximum atomic E-state index is 12.8. The molecule has 0 radical (unpaired) electrons. The number of amides is 1. The molecule has 1 N–H and O–H groups in total. The zero-order valence-corrected chi connectivity index (χ0v) is 17.0. The zero-order chi connectivity index (χ0) is 20.5. The van der Waals surface area contributed by atoms with E-state index in [-0.39, 0.29) is 42.7 Å². The van der Waals surface area contributed by atoms with Gasteiger partial charge in [-0.05, 0) is 36.8 Å². The molecule has 10 heteroatoms. The monoisotopic (exact) mass is 424 g/mol. The van der Waals surface area contributed by atoms with Gasteiger partial charge in [0.05, 0.1) is 12.0 Å². The molecule has 1 aromatic heterocycles. The maximum Gasteiger partial charge on any atom is 0.348 e. The molecule has 1 aliphatic heterocycles. The highest BCUT2D eigenvalue weighted by Gasteiger charge is 2.32. The van der Waals surface area contributed by atoms with Crippen LogP contribution in [0.1, 0.15) is 24.9 Å². The number of hydrogen-bond acceptors (Lipinski definition) is 7. The Morgan fingerprint density at radius 2 is 1.71 bits per heavy atom. The Hall–Kier alpha value is -2.43. The number of rotatable bonds is 4. The molecule has 8 nitrogen and oxygen atoms in total. The number of sulfonamides is 1. The number of aromatic hydroxyl groups is 1. The molecule has 1 aliphatic rings. The molecule has 1 fully saturated rings. The van der Waals surface area contributed by atoms with Crippen molar-refractivity contribution in [2.75, 3.05) is 33.3 Å². The van der Waals surface area contributed by atoms with Gasteiger partial charge >= 0.3 is 5.97 Å². The lowest BCUT2D eigenvalue weighted by molar-refractivity contribution is 0.0606. The summed E-state index contributed by atoms with van der Waals surface area (Å²) >= 11 is 1.04. The number of aryl methyl sites for hydroxylation is 1. The largest absolute Gasteiger partial charge is 0.507 e. The first-order chi connectivity index (χ1) is 13.2. The van der Waals surface area contributed by atoms with Crippen molar-refractivity contribution in [3.63, 3.8) is 0 Å². The number of carbonyl (C=O) groups is 2. The van der Waals surface area contributed by atoms with Crippen LogP contribution < -0.4 is 0 Å². The number of esters is 1. The highest BCUT2D eigenvalue weighted by atomic mass is 32.2. The number of hydrogen-bond donors (Lipinski definition) is 1. The first-order valence-corrected chi connectivity index (χ1v) is 10.8. The second-order valence-corrected chi connectivity index (χ2v) is 9.31. The molecule has 2 heterocycles. The van der Waals surface area contributed by atoms with E-state index in [0.29, 0.717) is 9.75 Å². The van der Waals surface area contributed by atoms with Crippen molar-refractivity contribution in [2.45, 2.75) is 11.8 Å². The number of thiophene rings is 1. The van der Waals surface area contributed by atoms with Crippen LogP contribution >= 0.6 is 11.3 Å². The van der Waals surface area contributed by atoms with Crippen LogP contribution in [0.3, 0.4) is 0 Å². The second-order valence-electron chi connectivity index (χ2n) is 6.32. The second kappa shape index (κ2) is 7.90. The molecule has 0 atom stereocenters. The molecule has 150 valence electrons. The first-order valence-electron chi connectivity index (χ1n) is 8.51. The Balaban J connectivity index is 1.70. The minimum atomic E-state index is -3.85. The number of phenols is 1. The van der Waals surface area contributed by atoms with Crippen molar-refractivity contribution < 1.29 is 27.9 Å². The highest BCUT2D eigenvalue weighted by Crippen LogP contribution is 2.28. The number of benzene rings is 1. The van der Waals surface area contributed by atoms with Crippen LogP contribution in [0.2, 0.25) is 0 Å². The quantitative estimate of drug-likeness (QED) is 0.749. The molecule has 1 saturated heterocycles. The van der Waals surface area contributed by atoms with E-state index in [4.69, 9.17) is 0 Å². The average Bonchev–Trinajstić information content (AvgIpc) is 3.19. The Labute approximate surface area is 167 Å². The van der Waals surface area contributed by atoms with Gasteiger partial charge in [-0.15, -0.1) is 11.3 Å². The molecule has 0 aliphatic carbocycles. The summed E-state index contributed by atoms with van der Waals surface area (Å²) in [4.78, 5) is 26.3. The third kappa shape index (κ3) is 3.89.